The Bertz CT molecular complexity index is 1020. The van der Waals surface area contributed by atoms with Gasteiger partial charge in [0.15, 0.2) is 0 Å². The molecule has 0 bridgehead atoms. The maximum absolute atomic E-state index is 6.47. The molecule has 0 radical (unpaired) electrons. The first-order valence-corrected chi connectivity index (χ1v) is 10.2. The van der Waals surface area contributed by atoms with Crippen LogP contribution in [0.1, 0.15) is 40.4 Å². The van der Waals surface area contributed by atoms with Crippen molar-refractivity contribution in [2.45, 2.75) is 31.6 Å². The predicted molar refractivity (Wildman–Crippen MR) is 111 cm³/mol. The predicted octanol–water partition coefficient (Wildman–Crippen LogP) is 7.16. The molecule has 26 heavy (non-hydrogen) atoms. The lowest BCUT2D eigenvalue weighted by molar-refractivity contribution is 0.483. The minimum Gasteiger partial charge on any atom is -0.469 e. The first-order chi connectivity index (χ1) is 12.7. The molecule has 1 heterocycles. The van der Waals surface area contributed by atoms with Crippen molar-refractivity contribution in [3.63, 3.8) is 0 Å². The van der Waals surface area contributed by atoms with Crippen molar-refractivity contribution in [1.82, 2.24) is 0 Å². The Morgan fingerprint density at radius 2 is 1.85 bits per heavy atom. The van der Waals surface area contributed by atoms with Crippen molar-refractivity contribution in [1.29, 1.82) is 0 Å². The first-order valence-electron chi connectivity index (χ1n) is 9.02. The fraction of sp³-hybridized carbons (Fsp3) is 0.217. The molecule has 3 aromatic rings. The summed E-state index contributed by atoms with van der Waals surface area (Å²) in [6.45, 7) is 0. The van der Waals surface area contributed by atoms with E-state index in [4.69, 9.17) is 16.0 Å². The summed E-state index contributed by atoms with van der Waals surface area (Å²) in [5, 5.41) is 0.889. The lowest BCUT2D eigenvalue weighted by atomic mass is 9.75. The van der Waals surface area contributed by atoms with Gasteiger partial charge in [-0.05, 0) is 87.3 Å². The Morgan fingerprint density at radius 1 is 1.00 bits per heavy atom. The molecule has 2 aromatic carbocycles. The average molecular weight is 426 g/mol. The zero-order valence-corrected chi connectivity index (χ0v) is 16.6. The van der Waals surface area contributed by atoms with Gasteiger partial charge in [-0.25, -0.2) is 0 Å². The van der Waals surface area contributed by atoms with Crippen LogP contribution in [0, 0.1) is 0 Å². The molecule has 0 spiro atoms. The van der Waals surface area contributed by atoms with E-state index in [1.54, 1.807) is 6.26 Å². The van der Waals surface area contributed by atoms with Crippen molar-refractivity contribution in [2.75, 3.05) is 0 Å². The summed E-state index contributed by atoms with van der Waals surface area (Å²) in [5.74, 6) is 1.49. The highest BCUT2D eigenvalue weighted by molar-refractivity contribution is 9.11. The first kappa shape index (κ1) is 16.4. The van der Waals surface area contributed by atoms with Gasteiger partial charge in [0.2, 0.25) is 0 Å². The van der Waals surface area contributed by atoms with Crippen LogP contribution >= 0.6 is 27.5 Å². The van der Waals surface area contributed by atoms with Crippen molar-refractivity contribution in [3.8, 4) is 11.1 Å². The summed E-state index contributed by atoms with van der Waals surface area (Å²) < 4.78 is 6.91. The van der Waals surface area contributed by atoms with Crippen molar-refractivity contribution in [2.24, 2.45) is 0 Å². The molecule has 3 heteroatoms. The van der Waals surface area contributed by atoms with E-state index in [2.05, 4.69) is 52.3 Å². The van der Waals surface area contributed by atoms with Crippen LogP contribution in [0.5, 0.6) is 0 Å². The summed E-state index contributed by atoms with van der Waals surface area (Å²) >= 11 is 10.2. The average Bonchev–Trinajstić information content (AvgIpc) is 3.14. The third kappa shape index (κ3) is 2.67. The Balaban J connectivity index is 1.68. The van der Waals surface area contributed by atoms with Gasteiger partial charge in [0.05, 0.1) is 6.26 Å². The van der Waals surface area contributed by atoms with Gasteiger partial charge >= 0.3 is 0 Å². The van der Waals surface area contributed by atoms with E-state index >= 15 is 0 Å². The van der Waals surface area contributed by atoms with Gasteiger partial charge in [-0.2, -0.15) is 0 Å². The molecule has 0 fully saturated rings. The number of furan rings is 1. The summed E-state index contributed by atoms with van der Waals surface area (Å²) in [6, 6.07) is 14.9. The fourth-order valence-electron chi connectivity index (χ4n) is 4.54. The van der Waals surface area contributed by atoms with E-state index < -0.39 is 0 Å². The molecule has 5 rings (SSSR count). The van der Waals surface area contributed by atoms with Crippen molar-refractivity contribution < 1.29 is 4.42 Å². The molecule has 1 nitrogen and oxygen atoms in total. The molecule has 0 aliphatic heterocycles. The van der Waals surface area contributed by atoms with Crippen LogP contribution in [-0.4, -0.2) is 0 Å². The molecule has 1 unspecified atom stereocenters. The van der Waals surface area contributed by atoms with Gasteiger partial charge in [-0.15, -0.1) is 0 Å². The maximum atomic E-state index is 6.47. The minimum absolute atomic E-state index is 0.436. The molecule has 0 saturated carbocycles. The highest BCUT2D eigenvalue weighted by Crippen LogP contribution is 2.46. The second-order valence-electron chi connectivity index (χ2n) is 7.14. The van der Waals surface area contributed by atoms with E-state index in [-0.39, 0.29) is 0 Å². The molecular formula is C23H18BrClO. The van der Waals surface area contributed by atoms with Gasteiger partial charge in [-0.1, -0.05) is 51.8 Å². The Kier molecular flexibility index (Phi) is 4.06. The molecule has 1 aromatic heterocycles. The molecule has 0 N–H and O–H groups in total. The van der Waals surface area contributed by atoms with E-state index in [1.165, 1.54) is 37.9 Å². The summed E-state index contributed by atoms with van der Waals surface area (Å²) in [5.41, 5.74) is 8.26. The zero-order valence-electron chi connectivity index (χ0n) is 14.3. The molecule has 0 amide bonds. The highest BCUT2D eigenvalue weighted by atomic mass is 79.9. The SMILES string of the molecule is Clc1cccc2c1CCc1c-2ccc2c1C(Cc1ccco1)CC(Br)=C2. The second-order valence-corrected chi connectivity index (χ2v) is 8.56. The van der Waals surface area contributed by atoms with Gasteiger partial charge < -0.3 is 4.42 Å². The smallest absolute Gasteiger partial charge is 0.104 e. The monoisotopic (exact) mass is 424 g/mol. The third-order valence-corrected chi connectivity index (χ3v) is 6.52. The molecule has 2 aliphatic rings. The molecular weight excluding hydrogens is 408 g/mol. The number of rotatable bonds is 2. The van der Waals surface area contributed by atoms with E-state index in [1.807, 2.05) is 12.1 Å². The summed E-state index contributed by atoms with van der Waals surface area (Å²) in [7, 11) is 0. The summed E-state index contributed by atoms with van der Waals surface area (Å²) in [4.78, 5) is 0. The Labute approximate surface area is 166 Å². The number of hydrogen-bond donors (Lipinski definition) is 0. The van der Waals surface area contributed by atoms with Gasteiger partial charge in [0.25, 0.3) is 0 Å². The largest absolute Gasteiger partial charge is 0.469 e. The van der Waals surface area contributed by atoms with Gasteiger partial charge in [0.1, 0.15) is 5.76 Å². The number of fused-ring (bicyclic) bond motifs is 5. The van der Waals surface area contributed by atoms with Crippen LogP contribution < -0.4 is 0 Å². The van der Waals surface area contributed by atoms with Crippen LogP contribution in [-0.2, 0) is 19.3 Å². The van der Waals surface area contributed by atoms with Crippen LogP contribution in [0.2, 0.25) is 5.02 Å². The van der Waals surface area contributed by atoms with Crippen molar-refractivity contribution >= 4 is 33.6 Å². The maximum Gasteiger partial charge on any atom is 0.104 e. The number of benzene rings is 2. The van der Waals surface area contributed by atoms with Crippen LogP contribution in [0.4, 0.5) is 0 Å². The van der Waals surface area contributed by atoms with Crippen molar-refractivity contribution in [3.05, 3.63) is 86.2 Å². The molecule has 2 aliphatic carbocycles. The Hall–Kier alpha value is -1.77. The topological polar surface area (TPSA) is 13.1 Å². The molecule has 130 valence electrons. The lowest BCUT2D eigenvalue weighted by Crippen LogP contribution is -2.15. The molecule has 1 atom stereocenters. The van der Waals surface area contributed by atoms with Gasteiger partial charge in [-0.3, -0.25) is 0 Å². The number of halogens is 2. The number of allylic oxidation sites excluding steroid dienone is 1. The molecule has 0 saturated heterocycles. The number of hydrogen-bond acceptors (Lipinski definition) is 1. The van der Waals surface area contributed by atoms with Gasteiger partial charge in [0, 0.05) is 11.4 Å². The standard InChI is InChI=1S/C23H18BrClO/c24-16-11-14-6-7-19-18-4-1-5-22(25)20(18)8-9-21(19)23(14)15(12-16)13-17-3-2-10-26-17/h1-7,10-11,15H,8-9,12-13H2. The quantitative estimate of drug-likeness (QED) is 0.424. The van der Waals surface area contributed by atoms with E-state index in [0.717, 1.165) is 36.5 Å². The van der Waals surface area contributed by atoms with Crippen LogP contribution in [0.25, 0.3) is 17.2 Å². The lowest BCUT2D eigenvalue weighted by Gasteiger charge is -2.31. The minimum atomic E-state index is 0.436. The zero-order chi connectivity index (χ0) is 17.7. The normalized spacial score (nSPS) is 17.9. The van der Waals surface area contributed by atoms with Crippen LogP contribution in [0.3, 0.4) is 0 Å². The van der Waals surface area contributed by atoms with E-state index in [0.29, 0.717) is 5.92 Å². The second kappa shape index (κ2) is 6.44. The highest BCUT2D eigenvalue weighted by Gasteiger charge is 2.29. The third-order valence-electron chi connectivity index (χ3n) is 5.61. The summed E-state index contributed by atoms with van der Waals surface area (Å²) in [6.07, 6.45) is 8.06. The van der Waals surface area contributed by atoms with E-state index in [9.17, 15) is 0 Å². The Morgan fingerprint density at radius 3 is 2.69 bits per heavy atom. The fourth-order valence-corrected chi connectivity index (χ4v) is 5.44. The van der Waals surface area contributed by atoms with Crippen LogP contribution in [0.15, 0.2) is 57.6 Å².